The predicted octanol–water partition coefficient (Wildman–Crippen LogP) is 3.36. The minimum Gasteiger partial charge on any atom is -0.491 e. The minimum atomic E-state index is -0.861. The fourth-order valence-corrected chi connectivity index (χ4v) is 2.91. The molecule has 0 fully saturated rings. The lowest BCUT2D eigenvalue weighted by Crippen LogP contribution is -2.39. The smallest absolute Gasteiger partial charge is 0.274 e. The van der Waals surface area contributed by atoms with Gasteiger partial charge in [0, 0.05) is 6.54 Å². The molecule has 1 aromatic heterocycles. The van der Waals surface area contributed by atoms with E-state index < -0.39 is 5.60 Å². The standard InChI is InChI=1S/C21H23N3O4/c1-21(14-26-17-10-6-7-11-18(17)27-21)20-22-19(23-28-20)15-8-4-5-9-16(15)25-13-12-24(2)3/h4-11H,12-14H2,1-3H3. The molecule has 4 rings (SSSR count). The summed E-state index contributed by atoms with van der Waals surface area (Å²) in [4.78, 5) is 6.64. The van der Waals surface area contributed by atoms with E-state index in [0.717, 1.165) is 12.1 Å². The summed E-state index contributed by atoms with van der Waals surface area (Å²) in [6.07, 6.45) is 0. The molecule has 0 N–H and O–H groups in total. The quantitative estimate of drug-likeness (QED) is 0.648. The molecule has 1 atom stereocenters. The molecule has 0 radical (unpaired) electrons. The first-order valence-corrected chi connectivity index (χ1v) is 9.17. The molecule has 1 aliphatic heterocycles. The van der Waals surface area contributed by atoms with Crippen molar-refractivity contribution in [2.75, 3.05) is 33.9 Å². The van der Waals surface area contributed by atoms with Gasteiger partial charge < -0.3 is 23.6 Å². The molecular formula is C21H23N3O4. The Balaban J connectivity index is 1.57. The summed E-state index contributed by atoms with van der Waals surface area (Å²) in [7, 11) is 4.01. The Hall–Kier alpha value is -3.06. The van der Waals surface area contributed by atoms with E-state index in [4.69, 9.17) is 18.7 Å². The molecule has 1 unspecified atom stereocenters. The van der Waals surface area contributed by atoms with Gasteiger partial charge in [-0.2, -0.15) is 4.98 Å². The molecule has 0 spiro atoms. The van der Waals surface area contributed by atoms with E-state index in [2.05, 4.69) is 15.0 Å². The minimum absolute atomic E-state index is 0.284. The monoisotopic (exact) mass is 381 g/mol. The highest BCUT2D eigenvalue weighted by Gasteiger charge is 2.40. The zero-order chi connectivity index (χ0) is 19.6. The maximum Gasteiger partial charge on any atom is 0.274 e. The van der Waals surface area contributed by atoms with E-state index in [0.29, 0.717) is 35.6 Å². The maximum absolute atomic E-state index is 6.12. The van der Waals surface area contributed by atoms with Crippen LogP contribution in [0.2, 0.25) is 0 Å². The van der Waals surface area contributed by atoms with Crippen molar-refractivity contribution in [2.24, 2.45) is 0 Å². The van der Waals surface area contributed by atoms with Crippen LogP contribution in [-0.2, 0) is 5.60 Å². The van der Waals surface area contributed by atoms with Crippen molar-refractivity contribution >= 4 is 0 Å². The van der Waals surface area contributed by atoms with Crippen LogP contribution in [0.1, 0.15) is 12.8 Å². The summed E-state index contributed by atoms with van der Waals surface area (Å²) in [6, 6.07) is 15.2. The molecule has 28 heavy (non-hydrogen) atoms. The fraction of sp³-hybridized carbons (Fsp3) is 0.333. The van der Waals surface area contributed by atoms with Gasteiger partial charge in [0.25, 0.3) is 5.89 Å². The van der Waals surface area contributed by atoms with Crippen molar-refractivity contribution in [3.63, 3.8) is 0 Å². The summed E-state index contributed by atoms with van der Waals surface area (Å²) in [5.74, 6) is 2.90. The van der Waals surface area contributed by atoms with Gasteiger partial charge in [0.05, 0.1) is 5.56 Å². The van der Waals surface area contributed by atoms with E-state index in [1.807, 2.05) is 69.6 Å². The van der Waals surface area contributed by atoms with Crippen LogP contribution in [0.15, 0.2) is 53.1 Å². The van der Waals surface area contributed by atoms with Gasteiger partial charge in [0.15, 0.2) is 11.5 Å². The molecule has 146 valence electrons. The number of aromatic nitrogens is 2. The number of fused-ring (bicyclic) bond motifs is 1. The number of hydrogen-bond donors (Lipinski definition) is 0. The summed E-state index contributed by atoms with van der Waals surface area (Å²) < 4.78 is 23.4. The molecule has 7 heteroatoms. The number of benzene rings is 2. The van der Waals surface area contributed by atoms with E-state index in [-0.39, 0.29) is 6.61 Å². The van der Waals surface area contributed by atoms with Gasteiger partial charge in [0.1, 0.15) is 19.0 Å². The van der Waals surface area contributed by atoms with Crippen molar-refractivity contribution in [1.82, 2.24) is 15.0 Å². The van der Waals surface area contributed by atoms with E-state index >= 15 is 0 Å². The summed E-state index contributed by atoms with van der Waals surface area (Å²) in [5, 5.41) is 4.15. The Morgan fingerprint density at radius 2 is 1.82 bits per heavy atom. The third-order valence-electron chi connectivity index (χ3n) is 4.49. The van der Waals surface area contributed by atoms with Crippen molar-refractivity contribution in [3.8, 4) is 28.6 Å². The lowest BCUT2D eigenvalue weighted by molar-refractivity contribution is -0.0213. The first kappa shape index (κ1) is 18.3. The number of likely N-dealkylation sites (N-methyl/N-ethyl adjacent to an activating group) is 1. The highest BCUT2D eigenvalue weighted by atomic mass is 16.6. The van der Waals surface area contributed by atoms with Crippen LogP contribution in [0.4, 0.5) is 0 Å². The SMILES string of the molecule is CN(C)CCOc1ccccc1-c1noc(C2(C)COc3ccccc3O2)n1. The molecular weight excluding hydrogens is 358 g/mol. The van der Waals surface area contributed by atoms with Crippen LogP contribution in [0, 0.1) is 0 Å². The third kappa shape index (κ3) is 3.66. The zero-order valence-electron chi connectivity index (χ0n) is 16.2. The molecule has 3 aromatic rings. The highest BCUT2D eigenvalue weighted by molar-refractivity contribution is 5.63. The number of para-hydroxylation sites is 3. The van der Waals surface area contributed by atoms with Gasteiger partial charge in [0.2, 0.25) is 11.4 Å². The molecule has 0 bridgehead atoms. The first-order valence-electron chi connectivity index (χ1n) is 9.17. The van der Waals surface area contributed by atoms with Crippen molar-refractivity contribution in [2.45, 2.75) is 12.5 Å². The lowest BCUT2D eigenvalue weighted by atomic mass is 10.1. The predicted molar refractivity (Wildman–Crippen MR) is 104 cm³/mol. The molecule has 0 amide bonds. The Bertz CT molecular complexity index is 956. The van der Waals surface area contributed by atoms with Crippen LogP contribution in [0.5, 0.6) is 17.2 Å². The Kier molecular flexibility index (Phi) is 4.92. The number of nitrogens with zero attached hydrogens (tertiary/aromatic N) is 3. The lowest BCUT2D eigenvalue weighted by Gasteiger charge is -2.32. The molecule has 0 aliphatic carbocycles. The van der Waals surface area contributed by atoms with Crippen LogP contribution >= 0.6 is 0 Å². The average molecular weight is 381 g/mol. The molecule has 1 aliphatic rings. The van der Waals surface area contributed by atoms with Gasteiger partial charge >= 0.3 is 0 Å². The number of rotatable bonds is 6. The summed E-state index contributed by atoms with van der Waals surface area (Å²) >= 11 is 0. The second kappa shape index (κ2) is 7.52. The van der Waals surface area contributed by atoms with Crippen LogP contribution in [0.3, 0.4) is 0 Å². The Morgan fingerprint density at radius 3 is 2.64 bits per heavy atom. The molecule has 2 aromatic carbocycles. The fourth-order valence-electron chi connectivity index (χ4n) is 2.91. The molecule has 2 heterocycles. The third-order valence-corrected chi connectivity index (χ3v) is 4.49. The maximum atomic E-state index is 6.12. The van der Waals surface area contributed by atoms with E-state index in [1.165, 1.54) is 0 Å². The van der Waals surface area contributed by atoms with Gasteiger partial charge in [-0.1, -0.05) is 29.4 Å². The van der Waals surface area contributed by atoms with Crippen LogP contribution < -0.4 is 14.2 Å². The summed E-state index contributed by atoms with van der Waals surface area (Å²) in [6.45, 7) is 3.54. The van der Waals surface area contributed by atoms with Gasteiger partial charge in [-0.15, -0.1) is 0 Å². The van der Waals surface area contributed by atoms with E-state index in [1.54, 1.807) is 0 Å². The Morgan fingerprint density at radius 1 is 1.07 bits per heavy atom. The number of ether oxygens (including phenoxy) is 3. The first-order chi connectivity index (χ1) is 13.5. The normalized spacial score (nSPS) is 18.3. The van der Waals surface area contributed by atoms with Crippen LogP contribution in [-0.4, -0.2) is 48.9 Å². The van der Waals surface area contributed by atoms with Gasteiger partial charge in [-0.25, -0.2) is 0 Å². The van der Waals surface area contributed by atoms with Crippen molar-refractivity contribution in [1.29, 1.82) is 0 Å². The highest BCUT2D eigenvalue weighted by Crippen LogP contribution is 2.39. The van der Waals surface area contributed by atoms with Gasteiger partial charge in [-0.3, -0.25) is 0 Å². The van der Waals surface area contributed by atoms with Gasteiger partial charge in [-0.05, 0) is 45.3 Å². The zero-order valence-corrected chi connectivity index (χ0v) is 16.2. The second-order valence-electron chi connectivity index (χ2n) is 7.14. The molecule has 0 saturated heterocycles. The summed E-state index contributed by atoms with van der Waals surface area (Å²) in [5.41, 5.74) is -0.0858. The second-order valence-corrected chi connectivity index (χ2v) is 7.14. The average Bonchev–Trinajstić information content (AvgIpc) is 3.19. The van der Waals surface area contributed by atoms with Crippen molar-refractivity contribution in [3.05, 3.63) is 54.4 Å². The van der Waals surface area contributed by atoms with Crippen LogP contribution in [0.25, 0.3) is 11.4 Å². The van der Waals surface area contributed by atoms with E-state index in [9.17, 15) is 0 Å². The van der Waals surface area contributed by atoms with Crippen molar-refractivity contribution < 1.29 is 18.7 Å². The molecule has 7 nitrogen and oxygen atoms in total. The Labute approximate surface area is 163 Å². The number of hydrogen-bond acceptors (Lipinski definition) is 7. The molecule has 0 saturated carbocycles. The topological polar surface area (TPSA) is 69.9 Å². The largest absolute Gasteiger partial charge is 0.491 e.